The van der Waals surface area contributed by atoms with Gasteiger partial charge in [0.05, 0.1) is 5.56 Å². The minimum atomic E-state index is -0.592. The Kier molecular flexibility index (Phi) is 5.55. The van der Waals surface area contributed by atoms with Crippen LogP contribution in [0, 0.1) is 13.8 Å². The van der Waals surface area contributed by atoms with Crippen LogP contribution in [0.25, 0.3) is 33.3 Å². The molecule has 5 aromatic rings. The summed E-state index contributed by atoms with van der Waals surface area (Å²) in [5.74, 6) is -0.573. The number of carbonyl (C=O) groups excluding carboxylic acids is 2. The molecular weight excluding hydrogens is 428 g/mol. The molecule has 34 heavy (non-hydrogen) atoms. The van der Waals surface area contributed by atoms with Crippen LogP contribution in [0.1, 0.15) is 21.5 Å². The van der Waals surface area contributed by atoms with Crippen molar-refractivity contribution in [3.05, 3.63) is 95.6 Å². The first-order valence-electron chi connectivity index (χ1n) is 10.9. The van der Waals surface area contributed by atoms with Gasteiger partial charge in [-0.25, -0.2) is 9.78 Å². The molecule has 0 saturated carbocycles. The molecule has 0 aliphatic heterocycles. The van der Waals surface area contributed by atoms with E-state index in [-0.39, 0.29) is 0 Å². The Morgan fingerprint density at radius 1 is 0.882 bits per heavy atom. The summed E-state index contributed by atoms with van der Waals surface area (Å²) in [5, 5.41) is 4.34. The topological polar surface area (TPSA) is 81.4 Å². The van der Waals surface area contributed by atoms with Crippen LogP contribution in [0.3, 0.4) is 0 Å². The molecule has 0 atom stereocenters. The highest BCUT2D eigenvalue weighted by molar-refractivity contribution is 6.10. The highest BCUT2D eigenvalue weighted by atomic mass is 16.5. The van der Waals surface area contributed by atoms with Crippen molar-refractivity contribution in [1.82, 2.24) is 4.98 Å². The molecule has 0 unspecified atom stereocenters. The number of esters is 1. The Morgan fingerprint density at radius 2 is 1.59 bits per heavy atom. The number of anilines is 1. The van der Waals surface area contributed by atoms with E-state index in [2.05, 4.69) is 10.3 Å². The molecule has 1 heterocycles. The van der Waals surface area contributed by atoms with E-state index in [0.29, 0.717) is 28.0 Å². The van der Waals surface area contributed by atoms with Gasteiger partial charge in [0.25, 0.3) is 5.91 Å². The van der Waals surface area contributed by atoms with Gasteiger partial charge in [0.1, 0.15) is 5.52 Å². The van der Waals surface area contributed by atoms with Crippen LogP contribution in [-0.4, -0.2) is 23.5 Å². The Morgan fingerprint density at radius 3 is 2.35 bits per heavy atom. The Labute approximate surface area is 196 Å². The maximum atomic E-state index is 13.1. The monoisotopic (exact) mass is 450 g/mol. The lowest BCUT2D eigenvalue weighted by atomic mass is 9.99. The number of fused-ring (bicyclic) bond motifs is 2. The smallest absolute Gasteiger partial charge is 0.339 e. The van der Waals surface area contributed by atoms with Crippen LogP contribution in [0.4, 0.5) is 5.69 Å². The van der Waals surface area contributed by atoms with Gasteiger partial charge in [-0.1, -0.05) is 54.6 Å². The van der Waals surface area contributed by atoms with E-state index in [4.69, 9.17) is 9.15 Å². The number of rotatable bonds is 5. The molecule has 0 saturated heterocycles. The zero-order valence-corrected chi connectivity index (χ0v) is 18.8. The van der Waals surface area contributed by atoms with E-state index in [1.807, 2.05) is 80.6 Å². The fraction of sp³-hybridized carbons (Fsp3) is 0.107. The third kappa shape index (κ3) is 4.01. The molecule has 6 heteroatoms. The number of benzene rings is 4. The molecule has 0 fully saturated rings. The molecule has 1 amide bonds. The molecule has 168 valence electrons. The van der Waals surface area contributed by atoms with E-state index in [9.17, 15) is 9.59 Å². The van der Waals surface area contributed by atoms with Crippen molar-refractivity contribution in [3.63, 3.8) is 0 Å². The lowest BCUT2D eigenvalue weighted by Crippen LogP contribution is -2.22. The van der Waals surface area contributed by atoms with Crippen molar-refractivity contribution < 1.29 is 18.7 Å². The number of para-hydroxylation sites is 3. The van der Waals surface area contributed by atoms with Gasteiger partial charge < -0.3 is 14.5 Å². The highest BCUT2D eigenvalue weighted by Crippen LogP contribution is 2.33. The first kappa shape index (κ1) is 21.4. The third-order valence-electron chi connectivity index (χ3n) is 5.73. The zero-order valence-electron chi connectivity index (χ0n) is 18.8. The average Bonchev–Trinajstić information content (AvgIpc) is 3.28. The van der Waals surface area contributed by atoms with Crippen molar-refractivity contribution in [2.75, 3.05) is 11.9 Å². The number of aromatic nitrogens is 1. The number of amides is 1. The Balaban J connectivity index is 1.43. The first-order chi connectivity index (χ1) is 16.5. The van der Waals surface area contributed by atoms with Crippen molar-refractivity contribution in [1.29, 1.82) is 0 Å². The van der Waals surface area contributed by atoms with Crippen LogP contribution in [-0.2, 0) is 9.53 Å². The van der Waals surface area contributed by atoms with Crippen LogP contribution in [0.2, 0.25) is 0 Å². The quantitative estimate of drug-likeness (QED) is 0.329. The van der Waals surface area contributed by atoms with Gasteiger partial charge in [-0.15, -0.1) is 0 Å². The van der Waals surface area contributed by atoms with E-state index < -0.39 is 18.5 Å². The summed E-state index contributed by atoms with van der Waals surface area (Å²) < 4.78 is 11.4. The minimum absolute atomic E-state index is 0.343. The summed E-state index contributed by atoms with van der Waals surface area (Å²) in [6, 6.07) is 24.3. The van der Waals surface area contributed by atoms with Gasteiger partial charge in [-0.2, -0.15) is 0 Å². The second-order valence-corrected chi connectivity index (χ2v) is 8.09. The predicted octanol–water partition coefficient (Wildman–Crippen LogP) is 6.06. The molecule has 1 N–H and O–H groups in total. The lowest BCUT2D eigenvalue weighted by molar-refractivity contribution is -0.119. The largest absolute Gasteiger partial charge is 0.452 e. The van der Waals surface area contributed by atoms with Gasteiger partial charge in [0.2, 0.25) is 5.89 Å². The van der Waals surface area contributed by atoms with E-state index in [1.165, 1.54) is 0 Å². The number of hydrogen-bond acceptors (Lipinski definition) is 5. The molecule has 0 bridgehead atoms. The highest BCUT2D eigenvalue weighted by Gasteiger charge is 2.19. The number of hydrogen-bond donors (Lipinski definition) is 1. The van der Waals surface area contributed by atoms with Gasteiger partial charge in [0, 0.05) is 16.6 Å². The molecule has 0 radical (unpaired) electrons. The molecule has 6 nitrogen and oxygen atoms in total. The summed E-state index contributed by atoms with van der Waals surface area (Å²) in [5.41, 5.74) is 5.03. The normalized spacial score (nSPS) is 11.0. The minimum Gasteiger partial charge on any atom is -0.452 e. The SMILES string of the molecule is Cc1cccc(C)c1NC(=O)COC(=O)c1cccc2cccc(-c3nc4ccccc4o3)c12. The zero-order chi connectivity index (χ0) is 23.7. The predicted molar refractivity (Wildman–Crippen MR) is 132 cm³/mol. The van der Waals surface area contributed by atoms with Crippen molar-refractivity contribution >= 4 is 39.4 Å². The fourth-order valence-corrected chi connectivity index (χ4v) is 4.07. The summed E-state index contributed by atoms with van der Waals surface area (Å²) in [6.45, 7) is 3.44. The van der Waals surface area contributed by atoms with Gasteiger partial charge in [-0.05, 0) is 54.6 Å². The summed E-state index contributed by atoms with van der Waals surface area (Å²) in [4.78, 5) is 30.1. The molecule has 0 aliphatic rings. The van der Waals surface area contributed by atoms with Crippen LogP contribution >= 0.6 is 0 Å². The van der Waals surface area contributed by atoms with Crippen molar-refractivity contribution in [3.8, 4) is 11.5 Å². The second-order valence-electron chi connectivity index (χ2n) is 8.09. The number of ether oxygens (including phenoxy) is 1. The summed E-state index contributed by atoms with van der Waals surface area (Å²) in [6.07, 6.45) is 0. The Bertz CT molecular complexity index is 1490. The van der Waals surface area contributed by atoms with Crippen LogP contribution in [0.15, 0.2) is 83.3 Å². The van der Waals surface area contributed by atoms with Crippen LogP contribution < -0.4 is 5.32 Å². The second kappa shape index (κ2) is 8.83. The molecule has 0 aliphatic carbocycles. The standard InChI is InChI=1S/C28H22N2O4/c1-17-8-5-9-18(2)26(17)30-24(31)16-33-28(32)21-13-7-11-19-10-6-12-20(25(19)21)27-29-22-14-3-4-15-23(22)34-27/h3-15H,16H2,1-2H3,(H,30,31). The number of nitrogens with zero attached hydrogens (tertiary/aromatic N) is 1. The molecule has 5 rings (SSSR count). The first-order valence-corrected chi connectivity index (χ1v) is 10.9. The van der Waals surface area contributed by atoms with Gasteiger partial charge in [-0.3, -0.25) is 4.79 Å². The van der Waals surface area contributed by atoms with Crippen molar-refractivity contribution in [2.24, 2.45) is 0 Å². The van der Waals surface area contributed by atoms with E-state index >= 15 is 0 Å². The average molecular weight is 450 g/mol. The summed E-state index contributed by atoms with van der Waals surface area (Å²) in [7, 11) is 0. The third-order valence-corrected chi connectivity index (χ3v) is 5.73. The summed E-state index contributed by atoms with van der Waals surface area (Å²) >= 11 is 0. The van der Waals surface area contributed by atoms with Crippen LogP contribution in [0.5, 0.6) is 0 Å². The molecule has 1 aromatic heterocycles. The van der Waals surface area contributed by atoms with Gasteiger partial charge in [0.15, 0.2) is 12.2 Å². The number of aryl methyl sites for hydroxylation is 2. The van der Waals surface area contributed by atoms with Crippen molar-refractivity contribution in [2.45, 2.75) is 13.8 Å². The number of carbonyl (C=O) groups is 2. The lowest BCUT2D eigenvalue weighted by Gasteiger charge is -2.12. The van der Waals surface area contributed by atoms with E-state index in [1.54, 1.807) is 12.1 Å². The number of nitrogens with one attached hydrogen (secondary N) is 1. The van der Waals surface area contributed by atoms with Gasteiger partial charge >= 0.3 is 5.97 Å². The molecule has 0 spiro atoms. The number of oxazole rings is 1. The maximum absolute atomic E-state index is 13.1. The molecular formula is C28H22N2O4. The fourth-order valence-electron chi connectivity index (χ4n) is 4.07. The molecule has 4 aromatic carbocycles. The van der Waals surface area contributed by atoms with E-state index in [0.717, 1.165) is 27.7 Å². The maximum Gasteiger partial charge on any atom is 0.339 e. The Hall–Kier alpha value is -4.45.